The number of rotatable bonds is 7. The normalized spacial score (nSPS) is 14.0. The second-order valence-electron chi connectivity index (χ2n) is 5.48. The van der Waals surface area contributed by atoms with Crippen LogP contribution in [0.25, 0.3) is 0 Å². The SMILES string of the molecule is CCNCc1ccccc1NC(=O)CCC(=O)N1CCOCC1.Cl. The lowest BCUT2D eigenvalue weighted by Crippen LogP contribution is -2.40. The van der Waals surface area contributed by atoms with Gasteiger partial charge in [-0.2, -0.15) is 0 Å². The van der Waals surface area contributed by atoms with E-state index in [1.54, 1.807) is 4.90 Å². The summed E-state index contributed by atoms with van der Waals surface area (Å²) in [6.45, 7) is 6.01. The molecule has 0 aromatic heterocycles. The number of benzene rings is 1. The Hall–Kier alpha value is -1.63. The number of hydrogen-bond acceptors (Lipinski definition) is 4. The lowest BCUT2D eigenvalue weighted by Gasteiger charge is -2.26. The van der Waals surface area contributed by atoms with Crippen LogP contribution in [0.5, 0.6) is 0 Å². The summed E-state index contributed by atoms with van der Waals surface area (Å²) < 4.78 is 5.22. The van der Waals surface area contributed by atoms with Crippen LogP contribution in [0.3, 0.4) is 0 Å². The fourth-order valence-electron chi connectivity index (χ4n) is 2.46. The summed E-state index contributed by atoms with van der Waals surface area (Å²) in [7, 11) is 0. The van der Waals surface area contributed by atoms with E-state index in [0.29, 0.717) is 32.8 Å². The molecule has 24 heavy (non-hydrogen) atoms. The van der Waals surface area contributed by atoms with Crippen LogP contribution in [-0.4, -0.2) is 49.6 Å². The van der Waals surface area contributed by atoms with Crippen LogP contribution in [0.4, 0.5) is 5.69 Å². The van der Waals surface area contributed by atoms with Gasteiger partial charge >= 0.3 is 0 Å². The highest BCUT2D eigenvalue weighted by Gasteiger charge is 2.17. The highest BCUT2D eigenvalue weighted by atomic mass is 35.5. The van der Waals surface area contributed by atoms with E-state index in [9.17, 15) is 9.59 Å². The summed E-state index contributed by atoms with van der Waals surface area (Å²) in [4.78, 5) is 25.9. The van der Waals surface area contributed by atoms with Crippen molar-refractivity contribution in [3.63, 3.8) is 0 Å². The average molecular weight is 356 g/mol. The van der Waals surface area contributed by atoms with Crippen molar-refractivity contribution < 1.29 is 14.3 Å². The maximum atomic E-state index is 12.1. The number of ether oxygens (including phenoxy) is 1. The molecule has 1 fully saturated rings. The number of morpholine rings is 1. The molecule has 6 nitrogen and oxygen atoms in total. The molecule has 0 spiro atoms. The largest absolute Gasteiger partial charge is 0.378 e. The molecule has 1 aromatic rings. The number of hydrogen-bond donors (Lipinski definition) is 2. The second kappa shape index (κ2) is 11.0. The van der Waals surface area contributed by atoms with Crippen LogP contribution in [0.15, 0.2) is 24.3 Å². The lowest BCUT2D eigenvalue weighted by molar-refractivity contribution is -0.136. The van der Waals surface area contributed by atoms with Gasteiger partial charge in [-0.3, -0.25) is 9.59 Å². The number of carbonyl (C=O) groups is 2. The first-order valence-electron chi connectivity index (χ1n) is 8.14. The number of anilines is 1. The summed E-state index contributed by atoms with van der Waals surface area (Å²) in [6, 6.07) is 7.71. The third kappa shape index (κ3) is 6.47. The minimum absolute atomic E-state index is 0. The zero-order valence-corrected chi connectivity index (χ0v) is 14.9. The number of amides is 2. The zero-order valence-electron chi connectivity index (χ0n) is 14.0. The fourth-order valence-corrected chi connectivity index (χ4v) is 2.46. The minimum Gasteiger partial charge on any atom is -0.378 e. The van der Waals surface area contributed by atoms with Crippen molar-refractivity contribution in [1.82, 2.24) is 10.2 Å². The Labute approximate surface area is 149 Å². The van der Waals surface area contributed by atoms with E-state index >= 15 is 0 Å². The maximum Gasteiger partial charge on any atom is 0.224 e. The lowest BCUT2D eigenvalue weighted by atomic mass is 10.1. The molecule has 0 radical (unpaired) electrons. The monoisotopic (exact) mass is 355 g/mol. The van der Waals surface area contributed by atoms with Gasteiger partial charge in [0.05, 0.1) is 13.2 Å². The first-order chi connectivity index (χ1) is 11.2. The van der Waals surface area contributed by atoms with Gasteiger partial charge in [0.15, 0.2) is 0 Å². The highest BCUT2D eigenvalue weighted by molar-refractivity contribution is 5.93. The molecule has 0 saturated carbocycles. The van der Waals surface area contributed by atoms with Gasteiger partial charge in [0.25, 0.3) is 0 Å². The average Bonchev–Trinajstić information content (AvgIpc) is 2.59. The number of carbonyl (C=O) groups excluding carboxylic acids is 2. The molecule has 1 aliphatic rings. The molecular weight excluding hydrogens is 330 g/mol. The Bertz CT molecular complexity index is 534. The predicted molar refractivity (Wildman–Crippen MR) is 96.3 cm³/mol. The molecule has 1 aromatic carbocycles. The predicted octanol–water partition coefficient (Wildman–Crippen LogP) is 1.80. The zero-order chi connectivity index (χ0) is 16.5. The molecule has 1 aliphatic heterocycles. The van der Waals surface area contributed by atoms with Crippen molar-refractivity contribution >= 4 is 29.9 Å². The molecule has 134 valence electrons. The van der Waals surface area contributed by atoms with Crippen LogP contribution >= 0.6 is 12.4 Å². The molecule has 2 N–H and O–H groups in total. The highest BCUT2D eigenvalue weighted by Crippen LogP contribution is 2.15. The van der Waals surface area contributed by atoms with Crippen molar-refractivity contribution in [2.24, 2.45) is 0 Å². The van der Waals surface area contributed by atoms with Crippen LogP contribution in [0.1, 0.15) is 25.3 Å². The van der Waals surface area contributed by atoms with Crippen molar-refractivity contribution in [2.45, 2.75) is 26.3 Å². The molecule has 0 unspecified atom stereocenters. The van der Waals surface area contributed by atoms with Gasteiger partial charge in [-0.15, -0.1) is 12.4 Å². The van der Waals surface area contributed by atoms with Crippen molar-refractivity contribution in [3.05, 3.63) is 29.8 Å². The minimum atomic E-state index is -0.129. The van der Waals surface area contributed by atoms with Gasteiger partial charge in [-0.25, -0.2) is 0 Å². The summed E-state index contributed by atoms with van der Waals surface area (Å²) in [5.41, 5.74) is 1.85. The quantitative estimate of drug-likeness (QED) is 0.782. The van der Waals surface area contributed by atoms with Crippen molar-refractivity contribution in [3.8, 4) is 0 Å². The van der Waals surface area contributed by atoms with E-state index in [1.807, 2.05) is 31.2 Å². The van der Waals surface area contributed by atoms with E-state index in [-0.39, 0.29) is 37.1 Å². The van der Waals surface area contributed by atoms with Crippen LogP contribution in [0, 0.1) is 0 Å². The molecule has 2 amide bonds. The summed E-state index contributed by atoms with van der Waals surface area (Å²) in [5.74, 6) is -0.111. The Morgan fingerprint density at radius 1 is 1.17 bits per heavy atom. The standard InChI is InChI=1S/C17H25N3O3.ClH/c1-2-18-13-14-5-3-4-6-15(14)19-16(21)7-8-17(22)20-9-11-23-12-10-20;/h3-6,18H,2,7-13H2,1H3,(H,19,21);1H. The smallest absolute Gasteiger partial charge is 0.224 e. The topological polar surface area (TPSA) is 70.7 Å². The summed E-state index contributed by atoms with van der Waals surface area (Å²) in [6.07, 6.45) is 0.437. The summed E-state index contributed by atoms with van der Waals surface area (Å²) >= 11 is 0. The number of halogens is 1. The third-order valence-electron chi connectivity index (χ3n) is 3.79. The number of para-hydroxylation sites is 1. The fraction of sp³-hybridized carbons (Fsp3) is 0.529. The van der Waals surface area contributed by atoms with Crippen molar-refractivity contribution in [2.75, 3.05) is 38.2 Å². The molecule has 0 aliphatic carbocycles. The maximum absolute atomic E-state index is 12.1. The second-order valence-corrected chi connectivity index (χ2v) is 5.48. The van der Waals surface area contributed by atoms with Crippen LogP contribution in [-0.2, 0) is 20.9 Å². The van der Waals surface area contributed by atoms with Crippen LogP contribution in [0.2, 0.25) is 0 Å². The first-order valence-corrected chi connectivity index (χ1v) is 8.14. The Balaban J connectivity index is 0.00000288. The van der Waals surface area contributed by atoms with Gasteiger partial charge in [0.1, 0.15) is 0 Å². The molecule has 1 heterocycles. The van der Waals surface area contributed by atoms with E-state index < -0.39 is 0 Å². The molecular formula is C17H26ClN3O3. The van der Waals surface area contributed by atoms with E-state index in [1.165, 1.54) is 0 Å². The van der Waals surface area contributed by atoms with Crippen molar-refractivity contribution in [1.29, 1.82) is 0 Å². The third-order valence-corrected chi connectivity index (χ3v) is 3.79. The van der Waals surface area contributed by atoms with Crippen LogP contribution < -0.4 is 10.6 Å². The molecule has 2 rings (SSSR count). The van der Waals surface area contributed by atoms with Gasteiger partial charge < -0.3 is 20.3 Å². The first kappa shape index (κ1) is 20.4. The Morgan fingerprint density at radius 2 is 1.88 bits per heavy atom. The van der Waals surface area contributed by atoms with Gasteiger partial charge in [-0.1, -0.05) is 25.1 Å². The Morgan fingerprint density at radius 3 is 2.58 bits per heavy atom. The molecule has 0 bridgehead atoms. The van der Waals surface area contributed by atoms with Gasteiger partial charge in [0.2, 0.25) is 11.8 Å². The van der Waals surface area contributed by atoms with Gasteiger partial charge in [-0.05, 0) is 18.2 Å². The van der Waals surface area contributed by atoms with E-state index in [0.717, 1.165) is 17.8 Å². The number of nitrogens with zero attached hydrogens (tertiary/aromatic N) is 1. The van der Waals surface area contributed by atoms with E-state index in [2.05, 4.69) is 10.6 Å². The summed E-state index contributed by atoms with van der Waals surface area (Å²) in [5, 5.41) is 6.15. The molecule has 7 heteroatoms. The Kier molecular flexibility index (Phi) is 9.37. The molecule has 1 saturated heterocycles. The molecule has 0 atom stereocenters. The number of nitrogens with one attached hydrogen (secondary N) is 2. The van der Waals surface area contributed by atoms with E-state index in [4.69, 9.17) is 4.74 Å². The van der Waals surface area contributed by atoms with Gasteiger partial charge in [0, 0.05) is 38.2 Å².